The van der Waals surface area contributed by atoms with Crippen molar-refractivity contribution in [2.75, 3.05) is 32.0 Å². The van der Waals surface area contributed by atoms with E-state index in [1.165, 1.54) is 18.3 Å². The Morgan fingerprint density at radius 2 is 1.79 bits per heavy atom. The van der Waals surface area contributed by atoms with Gasteiger partial charge in [0, 0.05) is 37.1 Å². The molecule has 0 radical (unpaired) electrons. The number of aromatic nitrogens is 3. The van der Waals surface area contributed by atoms with E-state index in [9.17, 15) is 4.79 Å². The lowest BCUT2D eigenvalue weighted by Crippen LogP contribution is -2.04. The fourth-order valence-electron chi connectivity index (χ4n) is 2.44. The second-order valence-electron chi connectivity index (χ2n) is 5.52. The fourth-order valence-corrected chi connectivity index (χ4v) is 3.27. The molecular weight excluding hydrogens is 382 g/mol. The van der Waals surface area contributed by atoms with Crippen LogP contribution in [0.2, 0.25) is 0 Å². The zero-order valence-electron chi connectivity index (χ0n) is 15.8. The maximum absolute atomic E-state index is 11.2. The highest BCUT2D eigenvalue weighted by atomic mass is 32.1. The number of amides is 1. The molecule has 0 bridgehead atoms. The first kappa shape index (κ1) is 19.4. The fraction of sp³-hybridized carbons (Fsp3) is 0.222. The number of hydrogen-bond donors (Lipinski definition) is 2. The van der Waals surface area contributed by atoms with E-state index in [0.29, 0.717) is 39.7 Å². The number of thiazole rings is 1. The molecule has 0 fully saturated rings. The molecule has 2 aromatic heterocycles. The molecule has 0 atom stereocenters. The molecule has 0 aliphatic heterocycles. The van der Waals surface area contributed by atoms with Crippen LogP contribution in [0.4, 0.5) is 16.8 Å². The third-order valence-electron chi connectivity index (χ3n) is 3.62. The molecule has 2 heterocycles. The number of hydrogen-bond acceptors (Lipinski definition) is 9. The van der Waals surface area contributed by atoms with E-state index in [1.807, 2.05) is 0 Å². The Labute approximate surface area is 165 Å². The second-order valence-corrected chi connectivity index (χ2v) is 6.55. The molecular formula is C18H19N5O4S. The summed E-state index contributed by atoms with van der Waals surface area (Å²) in [5.74, 6) is 1.75. The smallest absolute Gasteiger partial charge is 0.227 e. The van der Waals surface area contributed by atoms with E-state index in [2.05, 4.69) is 25.6 Å². The summed E-state index contributed by atoms with van der Waals surface area (Å²) in [5, 5.41) is 6.30. The molecule has 0 aliphatic rings. The number of nitrogens with zero attached hydrogens (tertiary/aromatic N) is 3. The predicted molar refractivity (Wildman–Crippen MR) is 107 cm³/mol. The minimum atomic E-state index is -0.173. The molecule has 2 N–H and O–H groups in total. The number of carbonyl (C=O) groups excluding carboxylic acids is 1. The van der Waals surface area contributed by atoms with Crippen LogP contribution in [-0.4, -0.2) is 42.2 Å². The summed E-state index contributed by atoms with van der Waals surface area (Å²) in [4.78, 5) is 24.9. The molecule has 28 heavy (non-hydrogen) atoms. The topological polar surface area (TPSA) is 107 Å². The van der Waals surface area contributed by atoms with Crippen LogP contribution in [0.15, 0.2) is 30.6 Å². The third kappa shape index (κ3) is 4.29. The number of carbonyl (C=O) groups is 1. The number of anilines is 3. The summed E-state index contributed by atoms with van der Waals surface area (Å²) in [5.41, 5.74) is 1.36. The van der Waals surface area contributed by atoms with Gasteiger partial charge in [0.1, 0.15) is 0 Å². The lowest BCUT2D eigenvalue weighted by molar-refractivity contribution is -0.114. The minimum Gasteiger partial charge on any atom is -0.493 e. The van der Waals surface area contributed by atoms with Crippen LogP contribution in [0.3, 0.4) is 0 Å². The Bertz CT molecular complexity index is 967. The van der Waals surface area contributed by atoms with Gasteiger partial charge < -0.3 is 24.8 Å². The quantitative estimate of drug-likeness (QED) is 0.621. The summed E-state index contributed by atoms with van der Waals surface area (Å²) < 4.78 is 16.0. The zero-order valence-corrected chi connectivity index (χ0v) is 16.6. The lowest BCUT2D eigenvalue weighted by atomic mass is 10.2. The first-order chi connectivity index (χ1) is 13.5. The molecule has 1 aromatic carbocycles. The molecule has 10 heteroatoms. The van der Waals surface area contributed by atoms with Crippen molar-refractivity contribution in [1.29, 1.82) is 0 Å². The predicted octanol–water partition coefficient (Wildman–Crippen LogP) is 3.33. The molecule has 0 saturated heterocycles. The van der Waals surface area contributed by atoms with Crippen LogP contribution in [0.5, 0.6) is 17.2 Å². The normalized spacial score (nSPS) is 10.3. The summed E-state index contributed by atoms with van der Waals surface area (Å²) in [6.07, 6.45) is 3.29. The van der Waals surface area contributed by atoms with Crippen LogP contribution in [-0.2, 0) is 4.79 Å². The van der Waals surface area contributed by atoms with Crippen LogP contribution < -0.4 is 24.8 Å². The van der Waals surface area contributed by atoms with Crippen LogP contribution in [0.1, 0.15) is 6.92 Å². The largest absolute Gasteiger partial charge is 0.493 e. The molecule has 146 valence electrons. The van der Waals surface area contributed by atoms with Crippen molar-refractivity contribution in [3.63, 3.8) is 0 Å². The molecule has 0 spiro atoms. The summed E-state index contributed by atoms with van der Waals surface area (Å²) >= 11 is 1.33. The first-order valence-corrected chi connectivity index (χ1v) is 8.99. The number of nitrogens with one attached hydrogen (secondary N) is 2. The van der Waals surface area contributed by atoms with Gasteiger partial charge >= 0.3 is 0 Å². The van der Waals surface area contributed by atoms with E-state index in [4.69, 9.17) is 14.2 Å². The number of rotatable bonds is 7. The van der Waals surface area contributed by atoms with Crippen molar-refractivity contribution in [1.82, 2.24) is 15.0 Å². The molecule has 0 unspecified atom stereocenters. The van der Waals surface area contributed by atoms with Crippen molar-refractivity contribution in [2.45, 2.75) is 6.92 Å². The highest BCUT2D eigenvalue weighted by Crippen LogP contribution is 2.40. The van der Waals surface area contributed by atoms with Gasteiger partial charge in [0.15, 0.2) is 16.6 Å². The Morgan fingerprint density at radius 1 is 1.07 bits per heavy atom. The minimum absolute atomic E-state index is 0.173. The van der Waals surface area contributed by atoms with Gasteiger partial charge in [0.2, 0.25) is 17.6 Å². The SMILES string of the molecule is COc1cc(Nc2nccc(-c3cnc(NC(C)=O)s3)n2)cc(OC)c1OC. The van der Waals surface area contributed by atoms with E-state index in [1.54, 1.807) is 51.9 Å². The summed E-state index contributed by atoms with van der Waals surface area (Å²) in [6, 6.07) is 5.30. The zero-order chi connectivity index (χ0) is 20.1. The molecule has 3 aromatic rings. The van der Waals surface area contributed by atoms with Gasteiger partial charge in [-0.15, -0.1) is 0 Å². The highest BCUT2D eigenvalue weighted by Gasteiger charge is 2.14. The Kier molecular flexibility index (Phi) is 5.90. The second kappa shape index (κ2) is 8.53. The van der Waals surface area contributed by atoms with E-state index in [0.717, 1.165) is 4.88 Å². The highest BCUT2D eigenvalue weighted by molar-refractivity contribution is 7.19. The number of methoxy groups -OCH3 is 3. The third-order valence-corrected chi connectivity index (χ3v) is 4.55. The molecule has 0 aliphatic carbocycles. The van der Waals surface area contributed by atoms with Gasteiger partial charge in [-0.25, -0.2) is 15.0 Å². The lowest BCUT2D eigenvalue weighted by Gasteiger charge is -2.14. The van der Waals surface area contributed by atoms with E-state index in [-0.39, 0.29) is 5.91 Å². The van der Waals surface area contributed by atoms with Gasteiger partial charge in [-0.1, -0.05) is 11.3 Å². The van der Waals surface area contributed by atoms with Crippen molar-refractivity contribution in [3.8, 4) is 27.8 Å². The van der Waals surface area contributed by atoms with Gasteiger partial charge in [-0.2, -0.15) is 0 Å². The van der Waals surface area contributed by atoms with E-state index >= 15 is 0 Å². The summed E-state index contributed by atoms with van der Waals surface area (Å²) in [7, 11) is 4.65. The summed E-state index contributed by atoms with van der Waals surface area (Å²) in [6.45, 7) is 1.44. The Morgan fingerprint density at radius 3 is 2.39 bits per heavy atom. The maximum atomic E-state index is 11.2. The average Bonchev–Trinajstić information content (AvgIpc) is 3.15. The maximum Gasteiger partial charge on any atom is 0.227 e. The standard InChI is InChI=1S/C18H19N5O4S/c1-10(24)21-18-20-9-15(28-18)12-5-6-19-17(23-12)22-11-7-13(25-2)16(27-4)14(8-11)26-3/h5-9H,1-4H3,(H,19,22,23)(H,20,21,24). The Balaban J connectivity index is 1.87. The molecule has 0 saturated carbocycles. The van der Waals surface area contributed by atoms with Gasteiger partial charge in [-0.3, -0.25) is 4.79 Å². The van der Waals surface area contributed by atoms with Crippen LogP contribution >= 0.6 is 11.3 Å². The number of ether oxygens (including phenoxy) is 3. The molecule has 1 amide bonds. The average molecular weight is 401 g/mol. The number of benzene rings is 1. The van der Waals surface area contributed by atoms with E-state index < -0.39 is 0 Å². The van der Waals surface area contributed by atoms with Crippen molar-refractivity contribution >= 4 is 34.0 Å². The molecule has 9 nitrogen and oxygen atoms in total. The monoisotopic (exact) mass is 401 g/mol. The van der Waals surface area contributed by atoms with Crippen LogP contribution in [0, 0.1) is 0 Å². The van der Waals surface area contributed by atoms with Gasteiger partial charge in [0.25, 0.3) is 0 Å². The Hall–Kier alpha value is -3.40. The van der Waals surface area contributed by atoms with Crippen molar-refractivity contribution < 1.29 is 19.0 Å². The van der Waals surface area contributed by atoms with Gasteiger partial charge in [0.05, 0.1) is 31.9 Å². The van der Waals surface area contributed by atoms with Crippen molar-refractivity contribution in [3.05, 3.63) is 30.6 Å². The van der Waals surface area contributed by atoms with Gasteiger partial charge in [-0.05, 0) is 6.07 Å². The van der Waals surface area contributed by atoms with Crippen LogP contribution in [0.25, 0.3) is 10.6 Å². The molecule has 3 rings (SSSR count). The first-order valence-electron chi connectivity index (χ1n) is 8.18. The van der Waals surface area contributed by atoms with Crippen molar-refractivity contribution in [2.24, 2.45) is 0 Å².